The zero-order valence-electron chi connectivity index (χ0n) is 24.1. The molecule has 0 saturated carbocycles. The minimum absolute atomic E-state index is 0.143. The van der Waals surface area contributed by atoms with Crippen molar-refractivity contribution in [1.82, 2.24) is 26.3 Å². The summed E-state index contributed by atoms with van der Waals surface area (Å²) in [5.41, 5.74) is 3.04. The largest absolute Gasteiger partial charge is 0.343 e. The summed E-state index contributed by atoms with van der Waals surface area (Å²) < 4.78 is 0. The summed E-state index contributed by atoms with van der Waals surface area (Å²) in [6, 6.07) is 14.5. The van der Waals surface area contributed by atoms with Gasteiger partial charge in [0.15, 0.2) is 0 Å². The van der Waals surface area contributed by atoms with E-state index in [4.69, 9.17) is 5.21 Å². The lowest BCUT2D eigenvalue weighted by molar-refractivity contribution is -0.144. The van der Waals surface area contributed by atoms with Crippen LogP contribution in [0.25, 0.3) is 0 Å². The van der Waals surface area contributed by atoms with E-state index < -0.39 is 41.4 Å². The van der Waals surface area contributed by atoms with Crippen molar-refractivity contribution in [3.8, 4) is 0 Å². The van der Waals surface area contributed by atoms with Gasteiger partial charge in [0.2, 0.25) is 29.5 Å². The van der Waals surface area contributed by atoms with Crippen molar-refractivity contribution in [2.24, 2.45) is 0 Å². The van der Waals surface area contributed by atoms with Crippen molar-refractivity contribution in [2.45, 2.75) is 87.9 Å². The molecule has 5 amide bonds. The van der Waals surface area contributed by atoms with Gasteiger partial charge in [-0.1, -0.05) is 67.4 Å². The molecule has 2 aromatic carbocycles. The molecule has 2 saturated heterocycles. The monoisotopic (exact) mass is 589 g/mol. The number of nitrogens with one attached hydrogen (secondary N) is 4. The smallest absolute Gasteiger partial charge is 0.247 e. The van der Waals surface area contributed by atoms with Gasteiger partial charge in [0, 0.05) is 32.2 Å². The van der Waals surface area contributed by atoms with Crippen LogP contribution in [0.15, 0.2) is 54.6 Å². The highest BCUT2D eigenvalue weighted by Gasteiger charge is 2.48. The lowest BCUT2D eigenvalue weighted by atomic mass is 9.91. The molecule has 228 valence electrons. The highest BCUT2D eigenvalue weighted by atomic mass is 16.5. The number of hydrogen-bond donors (Lipinski definition) is 5. The van der Waals surface area contributed by atoms with Gasteiger partial charge in [-0.05, 0) is 42.4 Å². The maximum Gasteiger partial charge on any atom is 0.247 e. The predicted octanol–water partition coefficient (Wildman–Crippen LogP) is 1.31. The lowest BCUT2D eigenvalue weighted by Gasteiger charge is -2.36. The summed E-state index contributed by atoms with van der Waals surface area (Å²) in [5, 5.41) is 17.6. The second-order valence-corrected chi connectivity index (χ2v) is 11.8. The van der Waals surface area contributed by atoms with E-state index in [0.717, 1.165) is 16.7 Å². The van der Waals surface area contributed by atoms with Gasteiger partial charge in [-0.2, -0.15) is 0 Å². The number of nitrogens with zero attached hydrogens (tertiary/aromatic N) is 1. The fourth-order valence-electron chi connectivity index (χ4n) is 6.50. The summed E-state index contributed by atoms with van der Waals surface area (Å²) in [4.78, 5) is 68.7. The number of unbranched alkanes of at least 4 members (excludes halogenated alkanes) is 2. The first-order valence-electron chi connectivity index (χ1n) is 15.1. The van der Waals surface area contributed by atoms with E-state index in [-0.39, 0.29) is 37.5 Å². The second-order valence-electron chi connectivity index (χ2n) is 11.8. The molecule has 2 heterocycles. The molecule has 0 radical (unpaired) electrons. The van der Waals surface area contributed by atoms with Crippen LogP contribution in [0, 0.1) is 0 Å². The summed E-state index contributed by atoms with van der Waals surface area (Å²) in [7, 11) is 0. The normalized spacial score (nSPS) is 23.4. The van der Waals surface area contributed by atoms with E-state index in [1.54, 1.807) is 10.4 Å². The third-order valence-electron chi connectivity index (χ3n) is 8.78. The number of fused-ring (bicyclic) bond motifs is 2. The molecule has 1 spiro atoms. The topological polar surface area (TPSA) is 157 Å². The van der Waals surface area contributed by atoms with Crippen molar-refractivity contribution < 1.29 is 29.2 Å². The Kier molecular flexibility index (Phi) is 9.40. The molecule has 2 aliphatic heterocycles. The Morgan fingerprint density at radius 3 is 2.28 bits per heavy atom. The molecule has 0 aromatic heterocycles. The number of hydrogen-bond acceptors (Lipinski definition) is 6. The van der Waals surface area contributed by atoms with E-state index in [0.29, 0.717) is 45.1 Å². The molecule has 2 aromatic rings. The van der Waals surface area contributed by atoms with Crippen molar-refractivity contribution in [2.75, 3.05) is 6.54 Å². The van der Waals surface area contributed by atoms with E-state index in [2.05, 4.69) is 16.0 Å². The van der Waals surface area contributed by atoms with Crippen LogP contribution in [0.2, 0.25) is 0 Å². The van der Waals surface area contributed by atoms with Gasteiger partial charge in [-0.25, -0.2) is 5.48 Å². The summed E-state index contributed by atoms with van der Waals surface area (Å²) in [6.07, 6.45) is 3.94. The Morgan fingerprint density at radius 2 is 1.58 bits per heavy atom. The first-order chi connectivity index (χ1) is 20.8. The van der Waals surface area contributed by atoms with Gasteiger partial charge >= 0.3 is 0 Å². The highest BCUT2D eigenvalue weighted by Crippen LogP contribution is 2.31. The first kappa shape index (κ1) is 30.2. The fraction of sp³-hybridized carbons (Fsp3) is 0.469. The molecular weight excluding hydrogens is 550 g/mol. The van der Waals surface area contributed by atoms with Gasteiger partial charge in [0.25, 0.3) is 0 Å². The summed E-state index contributed by atoms with van der Waals surface area (Å²) in [5.74, 6) is -2.07. The number of rotatable bonds is 8. The van der Waals surface area contributed by atoms with Crippen LogP contribution in [-0.2, 0) is 43.2 Å². The maximum absolute atomic E-state index is 14.2. The Morgan fingerprint density at radius 1 is 0.884 bits per heavy atom. The van der Waals surface area contributed by atoms with E-state index in [1.807, 2.05) is 54.6 Å². The zero-order valence-corrected chi connectivity index (χ0v) is 24.1. The molecule has 3 atom stereocenters. The van der Waals surface area contributed by atoms with Crippen LogP contribution in [0.3, 0.4) is 0 Å². The molecule has 11 nitrogen and oxygen atoms in total. The number of carbonyl (C=O) groups excluding carboxylic acids is 5. The molecule has 43 heavy (non-hydrogen) atoms. The van der Waals surface area contributed by atoms with Crippen LogP contribution < -0.4 is 21.4 Å². The van der Waals surface area contributed by atoms with E-state index >= 15 is 0 Å². The molecular formula is C32H39N5O6. The third-order valence-corrected chi connectivity index (χ3v) is 8.78. The van der Waals surface area contributed by atoms with Gasteiger partial charge < -0.3 is 20.9 Å². The van der Waals surface area contributed by atoms with Crippen molar-refractivity contribution in [3.63, 3.8) is 0 Å². The summed E-state index contributed by atoms with van der Waals surface area (Å²) >= 11 is 0. The number of benzene rings is 2. The number of carbonyl (C=O) groups is 5. The van der Waals surface area contributed by atoms with Crippen molar-refractivity contribution in [1.29, 1.82) is 0 Å². The number of hydroxylamine groups is 1. The quantitative estimate of drug-likeness (QED) is 0.178. The highest BCUT2D eigenvalue weighted by molar-refractivity contribution is 6.00. The van der Waals surface area contributed by atoms with Crippen molar-refractivity contribution >= 4 is 29.5 Å². The Balaban J connectivity index is 1.44. The van der Waals surface area contributed by atoms with Gasteiger partial charge in [-0.3, -0.25) is 29.2 Å². The van der Waals surface area contributed by atoms with Gasteiger partial charge in [0.1, 0.15) is 23.7 Å². The SMILES string of the molecule is O=C(CCCCC[C@@H]1NC(=O)[C@H]2CCCN2C(=O)[C@H](Cc2ccccc2)NC(=O)C2(Cc3ccccc3C2)NC1=O)NO. The zero-order chi connectivity index (χ0) is 30.4. The first-order valence-corrected chi connectivity index (χ1v) is 15.1. The van der Waals surface area contributed by atoms with Gasteiger partial charge in [-0.15, -0.1) is 0 Å². The fourth-order valence-corrected chi connectivity index (χ4v) is 6.50. The van der Waals surface area contributed by atoms with E-state index in [1.165, 1.54) is 0 Å². The minimum Gasteiger partial charge on any atom is -0.343 e. The van der Waals surface area contributed by atoms with Crippen LogP contribution in [-0.4, -0.2) is 69.9 Å². The average Bonchev–Trinajstić information content (AvgIpc) is 3.65. The van der Waals surface area contributed by atoms with E-state index in [9.17, 15) is 24.0 Å². The van der Waals surface area contributed by atoms with Crippen molar-refractivity contribution in [3.05, 3.63) is 71.3 Å². The Hall–Kier alpha value is -4.25. The minimum atomic E-state index is -1.33. The lowest BCUT2D eigenvalue weighted by Crippen LogP contribution is -2.67. The Bertz CT molecular complexity index is 1340. The van der Waals surface area contributed by atoms with Crippen LogP contribution >= 0.6 is 0 Å². The van der Waals surface area contributed by atoms with Crippen LogP contribution in [0.4, 0.5) is 0 Å². The molecule has 11 heteroatoms. The molecule has 0 bridgehead atoms. The Labute approximate surface area is 250 Å². The molecule has 5 N–H and O–H groups in total. The standard InChI is InChI=1S/C32H39N5O6/c38-27(36-43)16-6-2-5-14-24-28(39)35-32(19-22-12-7-8-13-23(22)20-32)31(42)34-25(18-21-10-3-1-4-11-21)30(41)37-17-9-15-26(37)29(40)33-24/h1,3-4,7-8,10-13,24-26,43H,2,5-6,9,14-20H2,(H,33,40)(H,34,42)(H,35,39)(H,36,38)/t24-,25-,26+/m0/s1. The number of amides is 5. The van der Waals surface area contributed by atoms with Crippen LogP contribution in [0.1, 0.15) is 61.6 Å². The maximum atomic E-state index is 14.2. The molecule has 3 aliphatic rings. The molecule has 2 fully saturated rings. The average molecular weight is 590 g/mol. The summed E-state index contributed by atoms with van der Waals surface area (Å²) in [6.45, 7) is 0.387. The third kappa shape index (κ3) is 6.88. The second kappa shape index (κ2) is 13.4. The predicted molar refractivity (Wildman–Crippen MR) is 156 cm³/mol. The molecule has 0 unspecified atom stereocenters. The van der Waals surface area contributed by atoms with Crippen LogP contribution in [0.5, 0.6) is 0 Å². The molecule has 1 aliphatic carbocycles. The molecule has 5 rings (SSSR count). The van der Waals surface area contributed by atoms with Gasteiger partial charge in [0.05, 0.1) is 0 Å².